The van der Waals surface area contributed by atoms with E-state index in [2.05, 4.69) is 0 Å². The molecule has 2 aromatic carbocycles. The summed E-state index contributed by atoms with van der Waals surface area (Å²) in [5, 5.41) is 0.391. The van der Waals surface area contributed by atoms with Crippen molar-refractivity contribution in [2.24, 2.45) is 0 Å². The van der Waals surface area contributed by atoms with Gasteiger partial charge >= 0.3 is 0 Å². The molecule has 0 amide bonds. The van der Waals surface area contributed by atoms with E-state index >= 15 is 0 Å². The van der Waals surface area contributed by atoms with Gasteiger partial charge in [0.05, 0.1) is 10.7 Å². The highest BCUT2D eigenvalue weighted by Gasteiger charge is 2.08. The molecule has 0 heterocycles. The number of benzene rings is 2. The van der Waals surface area contributed by atoms with Crippen LogP contribution in [-0.2, 0) is 0 Å². The van der Waals surface area contributed by atoms with Crippen LogP contribution in [0.4, 0.5) is 10.1 Å². The lowest BCUT2D eigenvalue weighted by atomic mass is 10.2. The number of aryl methyl sites for hydroxylation is 1. The number of ether oxygens (including phenoxy) is 1. The Morgan fingerprint density at radius 2 is 1.83 bits per heavy atom. The minimum Gasteiger partial charge on any atom is -0.454 e. The van der Waals surface area contributed by atoms with Gasteiger partial charge in [-0.05, 0) is 30.7 Å². The van der Waals surface area contributed by atoms with Crippen LogP contribution in [0.2, 0.25) is 5.02 Å². The van der Waals surface area contributed by atoms with E-state index in [1.54, 1.807) is 30.3 Å². The summed E-state index contributed by atoms with van der Waals surface area (Å²) in [5.41, 5.74) is 6.93. The van der Waals surface area contributed by atoms with Crippen LogP contribution in [0.5, 0.6) is 11.5 Å². The predicted molar refractivity (Wildman–Crippen MR) is 74.3 cm³/mol. The van der Waals surface area contributed by atoms with E-state index in [0.717, 1.165) is 5.56 Å². The highest BCUT2D eigenvalue weighted by Crippen LogP contribution is 2.32. The Bertz CT molecular complexity index is 561. The third-order valence-corrected chi connectivity index (χ3v) is 2.68. The number of nitrogens with two attached hydrogens (primary N) is 1. The summed E-state index contributed by atoms with van der Waals surface area (Å²) in [6.45, 7) is 1.82. The first-order valence-corrected chi connectivity index (χ1v) is 5.43. The molecular formula is C13H12Cl2FNO. The monoisotopic (exact) mass is 287 g/mol. The summed E-state index contributed by atoms with van der Waals surface area (Å²) in [4.78, 5) is 0. The number of para-hydroxylation sites is 1. The number of hydrogen-bond donors (Lipinski definition) is 1. The maximum atomic E-state index is 13.4. The SMILES string of the molecule is Cc1cc(N)c(Cl)cc1Oc1ccccc1F.Cl. The van der Waals surface area contributed by atoms with Crippen LogP contribution in [0.1, 0.15) is 5.56 Å². The fourth-order valence-electron chi connectivity index (χ4n) is 1.44. The number of anilines is 1. The summed E-state index contributed by atoms with van der Waals surface area (Å²) in [6, 6.07) is 9.47. The zero-order valence-electron chi connectivity index (χ0n) is 9.61. The van der Waals surface area contributed by atoms with Gasteiger partial charge in [-0.15, -0.1) is 12.4 Å². The second-order valence-corrected chi connectivity index (χ2v) is 4.08. The number of rotatable bonds is 2. The fraction of sp³-hybridized carbons (Fsp3) is 0.0769. The van der Waals surface area contributed by atoms with Crippen molar-refractivity contribution in [2.45, 2.75) is 6.92 Å². The van der Waals surface area contributed by atoms with Gasteiger partial charge in [0.2, 0.25) is 0 Å². The number of nitrogen functional groups attached to an aromatic ring is 1. The molecule has 0 aliphatic heterocycles. The molecule has 2 aromatic rings. The van der Waals surface area contributed by atoms with Gasteiger partial charge in [-0.1, -0.05) is 23.7 Å². The van der Waals surface area contributed by atoms with Crippen molar-refractivity contribution in [3.8, 4) is 11.5 Å². The summed E-state index contributed by atoms with van der Waals surface area (Å²) in [7, 11) is 0. The Kier molecular flexibility index (Phi) is 4.82. The maximum Gasteiger partial charge on any atom is 0.165 e. The van der Waals surface area contributed by atoms with Gasteiger partial charge in [0.25, 0.3) is 0 Å². The molecule has 5 heteroatoms. The van der Waals surface area contributed by atoms with E-state index in [-0.39, 0.29) is 18.2 Å². The molecular weight excluding hydrogens is 276 g/mol. The van der Waals surface area contributed by atoms with E-state index in [1.807, 2.05) is 6.92 Å². The van der Waals surface area contributed by atoms with Crippen molar-refractivity contribution in [1.82, 2.24) is 0 Å². The van der Waals surface area contributed by atoms with Crippen molar-refractivity contribution in [3.63, 3.8) is 0 Å². The van der Waals surface area contributed by atoms with E-state index in [1.165, 1.54) is 6.07 Å². The predicted octanol–water partition coefficient (Wildman–Crippen LogP) is 4.58. The van der Waals surface area contributed by atoms with Crippen molar-refractivity contribution >= 4 is 29.7 Å². The van der Waals surface area contributed by atoms with Gasteiger partial charge in [0.15, 0.2) is 11.6 Å². The first-order valence-electron chi connectivity index (χ1n) is 5.06. The van der Waals surface area contributed by atoms with Crippen molar-refractivity contribution in [2.75, 3.05) is 5.73 Å². The average molecular weight is 288 g/mol. The first-order chi connectivity index (χ1) is 8.08. The molecule has 0 fully saturated rings. The summed E-state index contributed by atoms with van der Waals surface area (Å²) >= 11 is 5.89. The lowest BCUT2D eigenvalue weighted by Gasteiger charge is -2.10. The van der Waals surface area contributed by atoms with Crippen LogP contribution in [0, 0.1) is 12.7 Å². The molecule has 18 heavy (non-hydrogen) atoms. The Balaban J connectivity index is 0.00000162. The largest absolute Gasteiger partial charge is 0.454 e. The van der Waals surface area contributed by atoms with Crippen molar-refractivity contribution < 1.29 is 9.13 Å². The summed E-state index contributed by atoms with van der Waals surface area (Å²) in [6.07, 6.45) is 0. The second-order valence-electron chi connectivity index (χ2n) is 3.67. The van der Waals surface area contributed by atoms with E-state index in [9.17, 15) is 4.39 Å². The number of halogens is 3. The van der Waals surface area contributed by atoms with Crippen molar-refractivity contribution in [3.05, 3.63) is 52.8 Å². The standard InChI is InChI=1S/C13H11ClFNO.ClH/c1-8-6-11(16)9(14)7-13(8)17-12-5-3-2-4-10(12)15;/h2-7H,16H2,1H3;1H. The Morgan fingerprint density at radius 1 is 1.17 bits per heavy atom. The molecule has 96 valence electrons. The molecule has 0 radical (unpaired) electrons. The molecule has 0 unspecified atom stereocenters. The minimum atomic E-state index is -0.417. The van der Waals surface area contributed by atoms with Gasteiger partial charge < -0.3 is 10.5 Å². The first kappa shape index (κ1) is 14.6. The van der Waals surface area contributed by atoms with E-state index in [0.29, 0.717) is 16.5 Å². The zero-order chi connectivity index (χ0) is 12.4. The van der Waals surface area contributed by atoms with Crippen LogP contribution in [0.15, 0.2) is 36.4 Å². The van der Waals surface area contributed by atoms with E-state index in [4.69, 9.17) is 22.1 Å². The Hall–Kier alpha value is -1.45. The lowest BCUT2D eigenvalue weighted by molar-refractivity contribution is 0.440. The van der Waals surface area contributed by atoms with Gasteiger partial charge in [0.1, 0.15) is 5.75 Å². The van der Waals surface area contributed by atoms with Crippen LogP contribution < -0.4 is 10.5 Å². The van der Waals surface area contributed by atoms with Gasteiger partial charge in [-0.3, -0.25) is 0 Å². The van der Waals surface area contributed by atoms with Crippen molar-refractivity contribution in [1.29, 1.82) is 0 Å². The second kappa shape index (κ2) is 5.94. The van der Waals surface area contributed by atoms with Gasteiger partial charge in [-0.2, -0.15) is 0 Å². The lowest BCUT2D eigenvalue weighted by Crippen LogP contribution is -1.93. The highest BCUT2D eigenvalue weighted by atomic mass is 35.5. The smallest absolute Gasteiger partial charge is 0.165 e. The molecule has 0 aliphatic carbocycles. The molecule has 2 N–H and O–H groups in total. The fourth-order valence-corrected chi connectivity index (χ4v) is 1.60. The van der Waals surface area contributed by atoms with Crippen LogP contribution in [0.3, 0.4) is 0 Å². The normalized spacial score (nSPS) is 9.72. The number of hydrogen-bond acceptors (Lipinski definition) is 2. The Labute approximate surface area is 116 Å². The third-order valence-electron chi connectivity index (χ3n) is 2.35. The molecule has 0 atom stereocenters. The third kappa shape index (κ3) is 3.06. The molecule has 2 nitrogen and oxygen atoms in total. The van der Waals surface area contributed by atoms with Gasteiger partial charge in [0, 0.05) is 6.07 Å². The molecule has 2 rings (SSSR count). The van der Waals surface area contributed by atoms with E-state index < -0.39 is 5.82 Å². The average Bonchev–Trinajstić information content (AvgIpc) is 2.29. The maximum absolute atomic E-state index is 13.4. The minimum absolute atomic E-state index is 0. The van der Waals surface area contributed by atoms with Crippen LogP contribution in [-0.4, -0.2) is 0 Å². The molecule has 0 aromatic heterocycles. The van der Waals surface area contributed by atoms with Crippen LogP contribution >= 0.6 is 24.0 Å². The molecule has 0 spiro atoms. The molecule has 0 bridgehead atoms. The molecule has 0 saturated heterocycles. The summed E-state index contributed by atoms with van der Waals surface area (Å²) < 4.78 is 18.9. The quantitative estimate of drug-likeness (QED) is 0.821. The Morgan fingerprint density at radius 3 is 2.50 bits per heavy atom. The zero-order valence-corrected chi connectivity index (χ0v) is 11.2. The highest BCUT2D eigenvalue weighted by molar-refractivity contribution is 6.33. The molecule has 0 aliphatic rings. The van der Waals surface area contributed by atoms with Gasteiger partial charge in [-0.25, -0.2) is 4.39 Å². The molecule has 0 saturated carbocycles. The van der Waals surface area contributed by atoms with Crippen LogP contribution in [0.25, 0.3) is 0 Å². The topological polar surface area (TPSA) is 35.2 Å². The summed E-state index contributed by atoms with van der Waals surface area (Å²) in [5.74, 6) is 0.241.